The van der Waals surface area contributed by atoms with E-state index in [0.717, 1.165) is 28.3 Å². The number of aryl methyl sites for hydroxylation is 1. The Morgan fingerprint density at radius 2 is 1.59 bits per heavy atom. The Morgan fingerprint density at radius 1 is 0.912 bits per heavy atom. The number of amides is 1. The van der Waals surface area contributed by atoms with E-state index in [1.54, 1.807) is 30.3 Å². The van der Waals surface area contributed by atoms with E-state index in [1.165, 1.54) is 0 Å². The zero-order chi connectivity index (χ0) is 24.2. The first kappa shape index (κ1) is 24.1. The maximum absolute atomic E-state index is 12.9. The average molecular weight is 515 g/mol. The number of aromatic nitrogens is 2. The highest BCUT2D eigenvalue weighted by Gasteiger charge is 2.16. The fraction of sp³-hybridized carbons (Fsp3) is 0.154. The van der Waals surface area contributed by atoms with Crippen LogP contribution in [0, 0.1) is 13.8 Å². The molecule has 0 radical (unpaired) electrons. The minimum atomic E-state index is -0.203. The lowest BCUT2D eigenvalue weighted by atomic mass is 10.1. The van der Waals surface area contributed by atoms with Crippen molar-refractivity contribution in [3.05, 3.63) is 110 Å². The van der Waals surface area contributed by atoms with Gasteiger partial charge in [0.15, 0.2) is 0 Å². The van der Waals surface area contributed by atoms with Crippen molar-refractivity contribution in [2.75, 3.05) is 5.32 Å². The predicted molar refractivity (Wildman–Crippen MR) is 137 cm³/mol. The van der Waals surface area contributed by atoms with Gasteiger partial charge in [-0.05, 0) is 73.5 Å². The van der Waals surface area contributed by atoms with Crippen molar-refractivity contribution >= 4 is 46.4 Å². The number of hydrogen-bond acceptors (Lipinski definition) is 3. The molecule has 1 aromatic heterocycles. The van der Waals surface area contributed by atoms with Gasteiger partial charge in [0.1, 0.15) is 12.4 Å². The van der Waals surface area contributed by atoms with Crippen LogP contribution in [0.2, 0.25) is 15.1 Å². The zero-order valence-electron chi connectivity index (χ0n) is 18.6. The highest BCUT2D eigenvalue weighted by molar-refractivity contribution is 6.42. The minimum absolute atomic E-state index is 0.203. The second kappa shape index (κ2) is 10.5. The molecule has 0 fully saturated rings. The van der Waals surface area contributed by atoms with Gasteiger partial charge in [-0.1, -0.05) is 53.0 Å². The number of hydrogen-bond donors (Lipinski definition) is 1. The third-order valence-electron chi connectivity index (χ3n) is 5.37. The first-order chi connectivity index (χ1) is 16.3. The van der Waals surface area contributed by atoms with Crippen LogP contribution in [0.15, 0.2) is 66.7 Å². The van der Waals surface area contributed by atoms with Gasteiger partial charge < -0.3 is 10.1 Å². The Bertz CT molecular complexity index is 1320. The van der Waals surface area contributed by atoms with E-state index >= 15 is 0 Å². The Hall–Kier alpha value is -2.99. The quantitative estimate of drug-likeness (QED) is 0.281. The van der Waals surface area contributed by atoms with E-state index in [9.17, 15) is 4.79 Å². The zero-order valence-corrected chi connectivity index (χ0v) is 20.9. The lowest BCUT2D eigenvalue weighted by Crippen LogP contribution is -2.13. The molecule has 0 aliphatic carbocycles. The summed E-state index contributed by atoms with van der Waals surface area (Å²) in [5.41, 5.74) is 4.75. The number of carbonyl (C=O) groups excluding carboxylic acids is 1. The summed E-state index contributed by atoms with van der Waals surface area (Å²) < 4.78 is 7.59. The number of ether oxygens (including phenoxy) is 1. The summed E-state index contributed by atoms with van der Waals surface area (Å²) in [7, 11) is 0. The van der Waals surface area contributed by atoms with Crippen LogP contribution >= 0.6 is 34.8 Å². The van der Waals surface area contributed by atoms with Crippen LogP contribution in [0.5, 0.6) is 5.75 Å². The standard InChI is InChI=1S/C26H22Cl3N3O2/c1-16-25(17(2)32(31-16)14-19-5-12-23(28)24(29)13-19)30-26(33)20-6-3-18(4-7-20)15-34-22-10-8-21(27)9-11-22/h3-13H,14-15H2,1-2H3,(H,30,33). The van der Waals surface area contributed by atoms with E-state index in [-0.39, 0.29) is 5.91 Å². The molecule has 1 amide bonds. The van der Waals surface area contributed by atoms with Crippen molar-refractivity contribution in [3.63, 3.8) is 0 Å². The molecule has 0 bridgehead atoms. The van der Waals surface area contributed by atoms with E-state index in [2.05, 4.69) is 10.4 Å². The van der Waals surface area contributed by atoms with Crippen molar-refractivity contribution in [3.8, 4) is 5.75 Å². The molecule has 1 N–H and O–H groups in total. The molecule has 174 valence electrons. The molecular weight excluding hydrogens is 493 g/mol. The van der Waals surface area contributed by atoms with Crippen LogP contribution < -0.4 is 10.1 Å². The van der Waals surface area contributed by atoms with Gasteiger partial charge in [-0.25, -0.2) is 0 Å². The summed E-state index contributed by atoms with van der Waals surface area (Å²) in [4.78, 5) is 12.9. The molecule has 4 rings (SSSR count). The Kier molecular flexibility index (Phi) is 7.47. The van der Waals surface area contributed by atoms with Crippen LogP contribution in [0.25, 0.3) is 0 Å². The fourth-order valence-corrected chi connectivity index (χ4v) is 3.92. The molecular formula is C26H22Cl3N3O2. The smallest absolute Gasteiger partial charge is 0.255 e. The molecule has 0 saturated heterocycles. The van der Waals surface area contributed by atoms with Crippen molar-refractivity contribution in [2.45, 2.75) is 27.0 Å². The highest BCUT2D eigenvalue weighted by Crippen LogP contribution is 2.25. The maximum Gasteiger partial charge on any atom is 0.255 e. The van der Waals surface area contributed by atoms with Crippen molar-refractivity contribution in [1.29, 1.82) is 0 Å². The normalized spacial score (nSPS) is 10.9. The second-order valence-electron chi connectivity index (χ2n) is 7.85. The van der Waals surface area contributed by atoms with E-state index < -0.39 is 0 Å². The van der Waals surface area contributed by atoms with Gasteiger partial charge in [-0.3, -0.25) is 9.48 Å². The Morgan fingerprint density at radius 3 is 2.26 bits per heavy atom. The molecule has 0 spiro atoms. The number of rotatable bonds is 7. The summed E-state index contributed by atoms with van der Waals surface area (Å²) in [5.74, 6) is 0.528. The van der Waals surface area contributed by atoms with Crippen molar-refractivity contribution in [1.82, 2.24) is 9.78 Å². The summed E-state index contributed by atoms with van der Waals surface area (Å²) in [5, 5.41) is 9.23. The fourth-order valence-electron chi connectivity index (χ4n) is 3.48. The Balaban J connectivity index is 1.41. The van der Waals surface area contributed by atoms with E-state index in [1.807, 2.05) is 54.9 Å². The lowest BCUT2D eigenvalue weighted by molar-refractivity contribution is 0.102. The summed E-state index contributed by atoms with van der Waals surface area (Å²) in [6, 6.07) is 20.0. The van der Waals surface area contributed by atoms with Crippen LogP contribution in [0.3, 0.4) is 0 Å². The molecule has 8 heteroatoms. The van der Waals surface area contributed by atoms with Crippen molar-refractivity contribution in [2.24, 2.45) is 0 Å². The maximum atomic E-state index is 12.9. The first-order valence-corrected chi connectivity index (χ1v) is 11.7. The van der Waals surface area contributed by atoms with Gasteiger partial charge in [0.2, 0.25) is 0 Å². The number of nitrogens with zero attached hydrogens (tertiary/aromatic N) is 2. The number of halogens is 3. The third-order valence-corrected chi connectivity index (χ3v) is 6.36. The van der Waals surface area contributed by atoms with Gasteiger partial charge in [0.25, 0.3) is 5.91 Å². The van der Waals surface area contributed by atoms with Crippen LogP contribution in [-0.4, -0.2) is 15.7 Å². The molecule has 4 aromatic rings. The molecule has 5 nitrogen and oxygen atoms in total. The molecule has 0 atom stereocenters. The summed E-state index contributed by atoms with van der Waals surface area (Å²) in [6.45, 7) is 4.69. The topological polar surface area (TPSA) is 56.2 Å². The van der Waals surface area contributed by atoms with Gasteiger partial charge >= 0.3 is 0 Å². The average Bonchev–Trinajstić information content (AvgIpc) is 3.08. The monoisotopic (exact) mass is 513 g/mol. The molecule has 34 heavy (non-hydrogen) atoms. The van der Waals surface area contributed by atoms with Gasteiger partial charge in [-0.15, -0.1) is 0 Å². The predicted octanol–water partition coefficient (Wildman–Crippen LogP) is 7.34. The minimum Gasteiger partial charge on any atom is -0.489 e. The number of anilines is 1. The lowest BCUT2D eigenvalue weighted by Gasteiger charge is -2.09. The molecule has 0 aliphatic rings. The number of nitrogens with one attached hydrogen (secondary N) is 1. The molecule has 1 heterocycles. The first-order valence-electron chi connectivity index (χ1n) is 10.6. The molecule has 3 aromatic carbocycles. The molecule has 0 aliphatic heterocycles. The van der Waals surface area contributed by atoms with Crippen LogP contribution in [-0.2, 0) is 13.2 Å². The van der Waals surface area contributed by atoms with Gasteiger partial charge in [0.05, 0.1) is 33.7 Å². The van der Waals surface area contributed by atoms with Crippen LogP contribution in [0.1, 0.15) is 32.9 Å². The Labute approximate surface area is 213 Å². The van der Waals surface area contributed by atoms with E-state index in [0.29, 0.717) is 39.5 Å². The number of benzene rings is 3. The number of carbonyl (C=O) groups is 1. The molecule has 0 unspecified atom stereocenters. The third kappa shape index (κ3) is 5.73. The highest BCUT2D eigenvalue weighted by atomic mass is 35.5. The van der Waals surface area contributed by atoms with E-state index in [4.69, 9.17) is 39.5 Å². The van der Waals surface area contributed by atoms with Gasteiger partial charge in [-0.2, -0.15) is 5.10 Å². The SMILES string of the molecule is Cc1nn(Cc2ccc(Cl)c(Cl)c2)c(C)c1NC(=O)c1ccc(COc2ccc(Cl)cc2)cc1. The summed E-state index contributed by atoms with van der Waals surface area (Å²) >= 11 is 18.0. The second-order valence-corrected chi connectivity index (χ2v) is 9.10. The largest absolute Gasteiger partial charge is 0.489 e. The van der Waals surface area contributed by atoms with Gasteiger partial charge in [0, 0.05) is 10.6 Å². The molecule has 0 saturated carbocycles. The van der Waals surface area contributed by atoms with Crippen LogP contribution in [0.4, 0.5) is 5.69 Å². The summed E-state index contributed by atoms with van der Waals surface area (Å²) in [6.07, 6.45) is 0. The van der Waals surface area contributed by atoms with Crippen molar-refractivity contribution < 1.29 is 9.53 Å².